The van der Waals surface area contributed by atoms with Crippen LogP contribution < -0.4 is 24.4 Å². The molecule has 0 saturated carbocycles. The zero-order valence-corrected chi connectivity index (χ0v) is 23.1. The fourth-order valence-electron chi connectivity index (χ4n) is 4.34. The number of anilines is 2. The highest BCUT2D eigenvalue weighted by Gasteiger charge is 2.33. The quantitative estimate of drug-likeness (QED) is 0.310. The normalized spacial score (nSPS) is 14.4. The maximum atomic E-state index is 13.3. The van der Waals surface area contributed by atoms with Gasteiger partial charge in [0.1, 0.15) is 11.5 Å². The van der Waals surface area contributed by atoms with Crippen LogP contribution in [-0.4, -0.2) is 39.5 Å². The van der Waals surface area contributed by atoms with E-state index in [2.05, 4.69) is 10.0 Å². The van der Waals surface area contributed by atoms with Crippen molar-refractivity contribution in [1.82, 2.24) is 5.32 Å². The number of hydrogen-bond acceptors (Lipinski definition) is 6. The predicted molar refractivity (Wildman–Crippen MR) is 155 cm³/mol. The maximum absolute atomic E-state index is 13.3. The number of hydrogen-bond donors (Lipinski definition) is 2. The summed E-state index contributed by atoms with van der Waals surface area (Å²) in [6.45, 7) is 1.85. The lowest BCUT2D eigenvalue weighted by atomic mass is 10.1. The summed E-state index contributed by atoms with van der Waals surface area (Å²) < 4.78 is 39.8. The second-order valence-electron chi connectivity index (χ2n) is 9.46. The van der Waals surface area contributed by atoms with E-state index in [9.17, 15) is 18.0 Å². The Kier molecular flexibility index (Phi) is 8.21. The molecule has 2 N–H and O–H groups in total. The van der Waals surface area contributed by atoms with Crippen molar-refractivity contribution < 1.29 is 27.5 Å². The van der Waals surface area contributed by atoms with Gasteiger partial charge in [-0.3, -0.25) is 14.3 Å². The molecule has 4 aromatic carbocycles. The summed E-state index contributed by atoms with van der Waals surface area (Å²) in [6, 6.07) is 29.4. The molecule has 2 amide bonds. The average molecular weight is 572 g/mol. The number of benzene rings is 4. The number of aryl methyl sites for hydroxylation is 1. The van der Waals surface area contributed by atoms with Gasteiger partial charge in [0.2, 0.25) is 0 Å². The van der Waals surface area contributed by atoms with Gasteiger partial charge < -0.3 is 19.7 Å². The van der Waals surface area contributed by atoms with E-state index in [1.165, 1.54) is 29.2 Å². The molecule has 4 aromatic rings. The SMILES string of the molecule is Cc1ccccc1NS(=O)(=O)c1ccc(OCC(=O)N2C[C@@H](C(=O)NCc3ccccc3)Oc3ccccc32)cc1. The predicted octanol–water partition coefficient (Wildman–Crippen LogP) is 4.29. The lowest BCUT2D eigenvalue weighted by molar-refractivity contribution is -0.128. The highest BCUT2D eigenvalue weighted by atomic mass is 32.2. The molecule has 0 radical (unpaired) electrons. The Balaban J connectivity index is 1.22. The van der Waals surface area contributed by atoms with E-state index in [1.54, 1.807) is 36.4 Å². The van der Waals surface area contributed by atoms with E-state index in [1.807, 2.05) is 49.4 Å². The van der Waals surface area contributed by atoms with E-state index >= 15 is 0 Å². The summed E-state index contributed by atoms with van der Waals surface area (Å²) in [5.41, 5.74) is 2.78. The molecule has 5 rings (SSSR count). The van der Waals surface area contributed by atoms with Gasteiger partial charge in [-0.15, -0.1) is 0 Å². The van der Waals surface area contributed by atoms with Crippen LogP contribution in [0.4, 0.5) is 11.4 Å². The van der Waals surface area contributed by atoms with Crippen LogP contribution in [0.15, 0.2) is 108 Å². The number of nitrogens with zero attached hydrogens (tertiary/aromatic N) is 1. The van der Waals surface area contributed by atoms with Gasteiger partial charge in [0, 0.05) is 6.54 Å². The minimum absolute atomic E-state index is 0.0155. The molecule has 210 valence electrons. The number of nitrogens with one attached hydrogen (secondary N) is 2. The first-order valence-corrected chi connectivity index (χ1v) is 14.5. The van der Waals surface area contributed by atoms with Crippen LogP contribution in [0, 0.1) is 6.92 Å². The number of carbonyl (C=O) groups excluding carboxylic acids is 2. The van der Waals surface area contributed by atoms with Gasteiger partial charge in [0.25, 0.3) is 21.8 Å². The van der Waals surface area contributed by atoms with E-state index < -0.39 is 16.1 Å². The van der Waals surface area contributed by atoms with E-state index in [-0.39, 0.29) is 29.9 Å². The molecule has 0 aliphatic carbocycles. The van der Waals surface area contributed by atoms with Crippen molar-refractivity contribution in [1.29, 1.82) is 0 Å². The summed E-state index contributed by atoms with van der Waals surface area (Å²) in [5, 5.41) is 2.87. The van der Waals surface area contributed by atoms with Gasteiger partial charge in [0.05, 0.1) is 22.8 Å². The molecule has 0 fully saturated rings. The van der Waals surface area contributed by atoms with Crippen LogP contribution >= 0.6 is 0 Å². The van der Waals surface area contributed by atoms with Crippen molar-refractivity contribution in [2.75, 3.05) is 22.8 Å². The summed E-state index contributed by atoms with van der Waals surface area (Å²) in [7, 11) is -3.80. The zero-order chi connectivity index (χ0) is 28.8. The molecular weight excluding hydrogens is 542 g/mol. The van der Waals surface area contributed by atoms with Crippen LogP contribution in [-0.2, 0) is 26.2 Å². The third kappa shape index (κ3) is 6.67. The molecule has 9 nitrogen and oxygen atoms in total. The third-order valence-corrected chi connectivity index (χ3v) is 7.94. The summed E-state index contributed by atoms with van der Waals surface area (Å²) in [5.74, 6) is 0.0345. The number of fused-ring (bicyclic) bond motifs is 1. The first kappa shape index (κ1) is 27.7. The average Bonchev–Trinajstić information content (AvgIpc) is 3.00. The molecule has 1 aliphatic heterocycles. The molecule has 0 spiro atoms. The molecule has 0 unspecified atom stereocenters. The highest BCUT2D eigenvalue weighted by Crippen LogP contribution is 2.33. The summed E-state index contributed by atoms with van der Waals surface area (Å²) in [6.07, 6.45) is -0.900. The molecule has 0 aromatic heterocycles. The van der Waals surface area contributed by atoms with Crippen molar-refractivity contribution in [2.45, 2.75) is 24.5 Å². The monoisotopic (exact) mass is 571 g/mol. The minimum atomic E-state index is -3.80. The number of carbonyl (C=O) groups is 2. The maximum Gasteiger partial charge on any atom is 0.265 e. The number of amides is 2. The fourth-order valence-corrected chi connectivity index (χ4v) is 5.47. The van der Waals surface area contributed by atoms with E-state index in [4.69, 9.17) is 9.47 Å². The number of rotatable bonds is 9. The Bertz CT molecular complexity index is 1640. The van der Waals surface area contributed by atoms with Gasteiger partial charge in [-0.2, -0.15) is 0 Å². The van der Waals surface area contributed by atoms with Gasteiger partial charge in [-0.25, -0.2) is 8.42 Å². The van der Waals surface area contributed by atoms with Crippen LogP contribution in [0.1, 0.15) is 11.1 Å². The number of para-hydroxylation sites is 3. The smallest absolute Gasteiger partial charge is 0.265 e. The Morgan fingerprint density at radius 1 is 0.902 bits per heavy atom. The molecule has 0 bridgehead atoms. The van der Waals surface area contributed by atoms with Crippen molar-refractivity contribution in [2.24, 2.45) is 0 Å². The minimum Gasteiger partial charge on any atom is -0.484 e. The molecule has 0 saturated heterocycles. The first-order chi connectivity index (χ1) is 19.8. The fraction of sp³-hybridized carbons (Fsp3) is 0.161. The summed E-state index contributed by atoms with van der Waals surface area (Å²) in [4.78, 5) is 27.7. The van der Waals surface area contributed by atoms with Crippen LogP contribution in [0.5, 0.6) is 11.5 Å². The lowest BCUT2D eigenvalue weighted by Crippen LogP contribution is -2.51. The van der Waals surface area contributed by atoms with Crippen molar-refractivity contribution in [3.05, 3.63) is 114 Å². The molecule has 1 heterocycles. The lowest BCUT2D eigenvalue weighted by Gasteiger charge is -2.34. The molecule has 1 aliphatic rings. The van der Waals surface area contributed by atoms with Gasteiger partial charge >= 0.3 is 0 Å². The number of ether oxygens (including phenoxy) is 2. The summed E-state index contributed by atoms with van der Waals surface area (Å²) >= 11 is 0. The Hall–Kier alpha value is -4.83. The highest BCUT2D eigenvalue weighted by molar-refractivity contribution is 7.92. The standard InChI is InChI=1S/C31H29N3O6S/c1-22-9-5-6-12-26(22)33-41(37,38)25-17-15-24(16-18-25)39-21-30(35)34-20-29(40-28-14-8-7-13-27(28)34)31(36)32-19-23-10-3-2-4-11-23/h2-18,29,33H,19-21H2,1H3,(H,32,36)/t29-/m0/s1. The van der Waals surface area contributed by atoms with Crippen LogP contribution in [0.2, 0.25) is 0 Å². The molecule has 1 atom stereocenters. The second-order valence-corrected chi connectivity index (χ2v) is 11.1. The molecule has 10 heteroatoms. The second kappa shape index (κ2) is 12.1. The molecule has 41 heavy (non-hydrogen) atoms. The zero-order valence-electron chi connectivity index (χ0n) is 22.3. The first-order valence-electron chi connectivity index (χ1n) is 13.0. The Labute approximate surface area is 238 Å². The van der Waals surface area contributed by atoms with Crippen molar-refractivity contribution in [3.63, 3.8) is 0 Å². The topological polar surface area (TPSA) is 114 Å². The van der Waals surface area contributed by atoms with Gasteiger partial charge in [0.15, 0.2) is 12.7 Å². The Morgan fingerprint density at radius 3 is 2.34 bits per heavy atom. The van der Waals surface area contributed by atoms with Crippen molar-refractivity contribution in [3.8, 4) is 11.5 Å². The van der Waals surface area contributed by atoms with Gasteiger partial charge in [-0.1, -0.05) is 60.7 Å². The Morgan fingerprint density at radius 2 is 1.59 bits per heavy atom. The van der Waals surface area contributed by atoms with Gasteiger partial charge in [-0.05, 0) is 60.5 Å². The largest absolute Gasteiger partial charge is 0.484 e. The third-order valence-electron chi connectivity index (χ3n) is 6.56. The van der Waals surface area contributed by atoms with Crippen LogP contribution in [0.3, 0.4) is 0 Å². The van der Waals surface area contributed by atoms with E-state index in [0.29, 0.717) is 29.4 Å². The molecular formula is C31H29N3O6S. The number of sulfonamides is 1. The van der Waals surface area contributed by atoms with Crippen molar-refractivity contribution >= 4 is 33.2 Å². The van der Waals surface area contributed by atoms with Crippen LogP contribution in [0.25, 0.3) is 0 Å². The van der Waals surface area contributed by atoms with E-state index in [0.717, 1.165) is 11.1 Å².